The lowest BCUT2D eigenvalue weighted by atomic mass is 9.85. The van der Waals surface area contributed by atoms with E-state index >= 15 is 0 Å². The molecule has 3 aromatic carbocycles. The van der Waals surface area contributed by atoms with Crippen molar-refractivity contribution in [2.45, 2.75) is 12.3 Å². The van der Waals surface area contributed by atoms with Gasteiger partial charge in [-0.3, -0.25) is 14.4 Å². The maximum atomic E-state index is 13.7. The van der Waals surface area contributed by atoms with Crippen molar-refractivity contribution in [3.05, 3.63) is 86.5 Å². The normalized spacial score (nSPS) is 14.6. The molecule has 6 rings (SSSR count). The second-order valence-corrected chi connectivity index (χ2v) is 9.30. The molecule has 202 valence electrons. The Kier molecular flexibility index (Phi) is 5.95. The highest BCUT2D eigenvalue weighted by atomic mass is 16.5. The molecule has 3 heterocycles. The summed E-state index contributed by atoms with van der Waals surface area (Å²) in [7, 11) is 4.52. The average Bonchev–Trinajstić information content (AvgIpc) is 2.95. The molecule has 2 aromatic heterocycles. The van der Waals surface area contributed by atoms with Gasteiger partial charge in [0.1, 0.15) is 34.5 Å². The van der Waals surface area contributed by atoms with E-state index in [4.69, 9.17) is 23.4 Å². The molecule has 2 N–H and O–H groups in total. The summed E-state index contributed by atoms with van der Waals surface area (Å²) >= 11 is 0. The van der Waals surface area contributed by atoms with Gasteiger partial charge in [-0.05, 0) is 42.0 Å². The zero-order chi connectivity index (χ0) is 28.1. The van der Waals surface area contributed by atoms with E-state index in [1.165, 1.54) is 33.7 Å². The third kappa shape index (κ3) is 3.92. The van der Waals surface area contributed by atoms with Crippen LogP contribution in [0.5, 0.6) is 28.7 Å². The second kappa shape index (κ2) is 9.49. The molecule has 0 fully saturated rings. The third-order valence-corrected chi connectivity index (χ3v) is 7.12. The van der Waals surface area contributed by atoms with Crippen LogP contribution >= 0.6 is 0 Å². The molecule has 10 heteroatoms. The molecule has 0 spiro atoms. The smallest absolute Gasteiger partial charge is 0.312 e. The van der Waals surface area contributed by atoms with Gasteiger partial charge >= 0.3 is 5.97 Å². The number of benzene rings is 3. The number of carbonyl (C=O) groups excluding carboxylic acids is 1. The van der Waals surface area contributed by atoms with Crippen LogP contribution in [0.4, 0.5) is 0 Å². The number of hydrogen-bond acceptors (Lipinski definition) is 9. The molecule has 5 aromatic rings. The fraction of sp³-hybridized carbons (Fsp3) is 0.167. The molecule has 0 saturated heterocycles. The molecule has 0 unspecified atom stereocenters. The Hall–Kier alpha value is -5.25. The molecule has 0 amide bonds. The van der Waals surface area contributed by atoms with Crippen molar-refractivity contribution >= 4 is 27.8 Å². The number of phenols is 1. The first-order valence-electron chi connectivity index (χ1n) is 12.3. The zero-order valence-corrected chi connectivity index (χ0v) is 21.7. The van der Waals surface area contributed by atoms with Gasteiger partial charge in [0.2, 0.25) is 5.43 Å². The van der Waals surface area contributed by atoms with Crippen molar-refractivity contribution in [2.75, 3.05) is 21.3 Å². The van der Waals surface area contributed by atoms with E-state index in [0.717, 1.165) is 0 Å². The summed E-state index contributed by atoms with van der Waals surface area (Å²) in [5.41, 5.74) is 0.933. The van der Waals surface area contributed by atoms with E-state index in [2.05, 4.69) is 4.98 Å². The molecule has 1 aliphatic rings. The van der Waals surface area contributed by atoms with Gasteiger partial charge in [0.25, 0.3) is 5.56 Å². The molecule has 0 saturated carbocycles. The number of carbonyl (C=O) groups is 1. The highest BCUT2D eigenvalue weighted by Gasteiger charge is 2.35. The molecule has 0 radical (unpaired) electrons. The number of pyridine rings is 1. The Morgan fingerprint density at radius 3 is 2.48 bits per heavy atom. The van der Waals surface area contributed by atoms with Crippen LogP contribution in [0.2, 0.25) is 0 Å². The fourth-order valence-corrected chi connectivity index (χ4v) is 5.19. The summed E-state index contributed by atoms with van der Waals surface area (Å²) in [5, 5.41) is 11.5. The number of nitrogens with one attached hydrogen (secondary N) is 1. The van der Waals surface area contributed by atoms with Gasteiger partial charge < -0.3 is 33.5 Å². The fourth-order valence-electron chi connectivity index (χ4n) is 5.19. The van der Waals surface area contributed by atoms with E-state index in [1.54, 1.807) is 42.5 Å². The topological polar surface area (TPSA) is 137 Å². The van der Waals surface area contributed by atoms with Crippen LogP contribution in [0, 0.1) is 0 Å². The summed E-state index contributed by atoms with van der Waals surface area (Å²) in [6, 6.07) is 13.1. The predicted molar refractivity (Wildman–Crippen MR) is 146 cm³/mol. The van der Waals surface area contributed by atoms with Crippen molar-refractivity contribution in [1.29, 1.82) is 0 Å². The lowest BCUT2D eigenvalue weighted by Gasteiger charge is -2.25. The third-order valence-electron chi connectivity index (χ3n) is 7.12. The number of H-pyrrole nitrogens is 1. The molecular weight excluding hydrogens is 518 g/mol. The maximum absolute atomic E-state index is 13.7. The molecule has 1 atom stereocenters. The summed E-state index contributed by atoms with van der Waals surface area (Å²) < 4.78 is 27.4. The van der Waals surface area contributed by atoms with Gasteiger partial charge in [0.05, 0.1) is 33.3 Å². The van der Waals surface area contributed by atoms with Crippen LogP contribution < -0.4 is 29.9 Å². The van der Waals surface area contributed by atoms with Gasteiger partial charge in [-0.25, -0.2) is 0 Å². The van der Waals surface area contributed by atoms with Crippen LogP contribution in [0.15, 0.2) is 68.8 Å². The van der Waals surface area contributed by atoms with Crippen molar-refractivity contribution < 1.29 is 33.3 Å². The predicted octanol–water partition coefficient (Wildman–Crippen LogP) is 4.47. The minimum atomic E-state index is -0.811. The van der Waals surface area contributed by atoms with Crippen molar-refractivity contribution in [3.63, 3.8) is 0 Å². The molecule has 1 aliphatic heterocycles. The van der Waals surface area contributed by atoms with Crippen LogP contribution in [0.25, 0.3) is 33.0 Å². The van der Waals surface area contributed by atoms with Gasteiger partial charge in [-0.15, -0.1) is 0 Å². The molecule has 10 nitrogen and oxygen atoms in total. The number of aromatic hydroxyl groups is 1. The summed E-state index contributed by atoms with van der Waals surface area (Å²) in [6.45, 7) is 0. The number of rotatable bonds is 5. The van der Waals surface area contributed by atoms with Crippen LogP contribution in [-0.2, 0) is 4.79 Å². The standard InChI is InChI=1S/C30H23NO9/c1-36-16-5-6-20-15(8-16)9-18(30(35)31-20)17-11-25(33)40-24-12-21(32)27-28(34)19(13-39-29(27)26(17)24)14-4-7-22(37-2)23(10-14)38-3/h4-10,12-13,17,32H,11H2,1-3H3,(H,31,35)/t17-/m1/s1. The van der Waals surface area contributed by atoms with Gasteiger partial charge in [-0.2, -0.15) is 0 Å². The number of methoxy groups -OCH3 is 3. The van der Waals surface area contributed by atoms with E-state index in [1.807, 2.05) is 0 Å². The van der Waals surface area contributed by atoms with Crippen LogP contribution in [-0.4, -0.2) is 37.4 Å². The molecule has 40 heavy (non-hydrogen) atoms. The first-order valence-corrected chi connectivity index (χ1v) is 12.3. The van der Waals surface area contributed by atoms with Crippen LogP contribution in [0.1, 0.15) is 23.5 Å². The molecule has 0 bridgehead atoms. The number of ether oxygens (including phenoxy) is 4. The monoisotopic (exact) mass is 541 g/mol. The lowest BCUT2D eigenvalue weighted by molar-refractivity contribution is -0.135. The number of hydrogen-bond donors (Lipinski definition) is 2. The molecular formula is C30H23NO9. The summed E-state index contributed by atoms with van der Waals surface area (Å²) in [4.78, 5) is 42.4. The van der Waals surface area contributed by atoms with E-state index < -0.39 is 28.6 Å². The highest BCUT2D eigenvalue weighted by molar-refractivity contribution is 5.94. The van der Waals surface area contributed by atoms with Crippen molar-refractivity contribution in [1.82, 2.24) is 4.98 Å². The number of esters is 1. The zero-order valence-electron chi connectivity index (χ0n) is 21.7. The minimum Gasteiger partial charge on any atom is -0.507 e. The SMILES string of the molecule is COc1ccc2[nH]c(=O)c([C@H]3CC(=O)Oc4cc(O)c5c(=O)c(-c6ccc(OC)c(OC)c6)coc5c43)cc2c1. The van der Waals surface area contributed by atoms with E-state index in [0.29, 0.717) is 39.3 Å². The lowest BCUT2D eigenvalue weighted by Crippen LogP contribution is -2.26. The van der Waals surface area contributed by atoms with Gasteiger partial charge in [-0.1, -0.05) is 6.07 Å². The van der Waals surface area contributed by atoms with E-state index in [9.17, 15) is 19.5 Å². The Balaban J connectivity index is 1.58. The number of aromatic nitrogens is 1. The van der Waals surface area contributed by atoms with Gasteiger partial charge in [0, 0.05) is 34.0 Å². The van der Waals surface area contributed by atoms with Gasteiger partial charge in [0.15, 0.2) is 11.5 Å². The van der Waals surface area contributed by atoms with E-state index in [-0.39, 0.29) is 34.3 Å². The Bertz CT molecular complexity index is 1950. The number of phenolic OH excluding ortho intramolecular Hbond substituents is 1. The Morgan fingerprint density at radius 2 is 1.73 bits per heavy atom. The summed E-state index contributed by atoms with van der Waals surface area (Å²) in [5.74, 6) is -0.323. The number of aromatic amines is 1. The Labute approximate surface area is 226 Å². The second-order valence-electron chi connectivity index (χ2n) is 9.30. The Morgan fingerprint density at radius 1 is 0.925 bits per heavy atom. The van der Waals surface area contributed by atoms with Crippen LogP contribution in [0.3, 0.4) is 0 Å². The summed E-state index contributed by atoms with van der Waals surface area (Å²) in [6.07, 6.45) is 1.10. The number of fused-ring (bicyclic) bond motifs is 4. The largest absolute Gasteiger partial charge is 0.507 e. The first-order chi connectivity index (χ1) is 19.3. The quantitative estimate of drug-likeness (QED) is 0.244. The molecule has 0 aliphatic carbocycles. The first kappa shape index (κ1) is 25.1. The van der Waals surface area contributed by atoms with Crippen molar-refractivity contribution in [2.24, 2.45) is 0 Å². The van der Waals surface area contributed by atoms with Crippen molar-refractivity contribution in [3.8, 4) is 39.9 Å². The average molecular weight is 542 g/mol. The minimum absolute atomic E-state index is 0.0124. The maximum Gasteiger partial charge on any atom is 0.312 e. The highest BCUT2D eigenvalue weighted by Crippen LogP contribution is 2.45.